The average molecular weight is 388 g/mol. The van der Waals surface area contributed by atoms with Gasteiger partial charge in [0.1, 0.15) is 5.76 Å². The third-order valence-corrected chi connectivity index (χ3v) is 4.96. The molecule has 1 aliphatic heterocycles. The molecule has 0 bridgehead atoms. The molecule has 0 atom stereocenters. The summed E-state index contributed by atoms with van der Waals surface area (Å²) in [6.07, 6.45) is 2.10. The summed E-state index contributed by atoms with van der Waals surface area (Å²) in [4.78, 5) is 26.4. The van der Waals surface area contributed by atoms with Gasteiger partial charge < -0.3 is 20.1 Å². The number of amides is 3. The number of aromatic nitrogens is 3. The lowest BCUT2D eigenvalue weighted by molar-refractivity contribution is -0.121. The number of hydrogen-bond acceptors (Lipinski definition) is 5. The molecule has 0 spiro atoms. The molecule has 1 aliphatic rings. The largest absolute Gasteiger partial charge is 0.360 e. The van der Waals surface area contributed by atoms with Crippen LogP contribution >= 0.6 is 0 Å². The molecule has 28 heavy (non-hydrogen) atoms. The number of nitrogens with one attached hydrogen (secondary N) is 2. The summed E-state index contributed by atoms with van der Waals surface area (Å²) in [6, 6.07) is 3.66. The molecule has 3 amide bonds. The molecule has 2 aromatic heterocycles. The maximum Gasteiger partial charge on any atom is 0.317 e. The molecule has 3 heterocycles. The van der Waals surface area contributed by atoms with Crippen molar-refractivity contribution in [1.82, 2.24) is 25.2 Å². The van der Waals surface area contributed by atoms with E-state index in [2.05, 4.69) is 20.9 Å². The molecule has 9 heteroatoms. The van der Waals surface area contributed by atoms with Gasteiger partial charge in [-0.05, 0) is 46.1 Å². The summed E-state index contributed by atoms with van der Waals surface area (Å²) in [6.45, 7) is 8.30. The van der Waals surface area contributed by atoms with Gasteiger partial charge in [-0.2, -0.15) is 5.10 Å². The Hall–Kier alpha value is -2.84. The van der Waals surface area contributed by atoms with Crippen LogP contribution in [0.25, 0.3) is 0 Å². The van der Waals surface area contributed by atoms with Crippen molar-refractivity contribution in [2.45, 2.75) is 46.6 Å². The number of piperidine rings is 1. The number of urea groups is 1. The summed E-state index contributed by atoms with van der Waals surface area (Å²) in [7, 11) is 0. The third kappa shape index (κ3) is 5.11. The zero-order valence-electron chi connectivity index (χ0n) is 16.7. The van der Waals surface area contributed by atoms with Gasteiger partial charge in [-0.25, -0.2) is 4.79 Å². The van der Waals surface area contributed by atoms with E-state index in [1.54, 1.807) is 17.9 Å². The first-order chi connectivity index (χ1) is 13.4. The molecule has 1 saturated heterocycles. The van der Waals surface area contributed by atoms with E-state index in [0.717, 1.165) is 24.4 Å². The van der Waals surface area contributed by atoms with E-state index in [4.69, 9.17) is 4.52 Å². The molecule has 0 saturated carbocycles. The zero-order valence-corrected chi connectivity index (χ0v) is 16.7. The van der Waals surface area contributed by atoms with Crippen molar-refractivity contribution < 1.29 is 14.1 Å². The highest BCUT2D eigenvalue weighted by atomic mass is 16.5. The van der Waals surface area contributed by atoms with Crippen LogP contribution in [0.1, 0.15) is 36.4 Å². The Balaban J connectivity index is 1.35. The monoisotopic (exact) mass is 388 g/mol. The zero-order chi connectivity index (χ0) is 20.1. The Labute approximate surface area is 164 Å². The number of rotatable bonds is 6. The van der Waals surface area contributed by atoms with E-state index in [9.17, 15) is 9.59 Å². The Morgan fingerprint density at radius 2 is 1.96 bits per heavy atom. The maximum atomic E-state index is 12.3. The van der Waals surface area contributed by atoms with Crippen LogP contribution in [-0.4, -0.2) is 51.4 Å². The molecule has 0 unspecified atom stereocenters. The second kappa shape index (κ2) is 8.90. The van der Waals surface area contributed by atoms with Crippen LogP contribution in [0.4, 0.5) is 10.6 Å². The third-order valence-electron chi connectivity index (χ3n) is 4.96. The van der Waals surface area contributed by atoms with Gasteiger partial charge in [-0.1, -0.05) is 5.16 Å². The molecule has 0 aliphatic carbocycles. The van der Waals surface area contributed by atoms with Gasteiger partial charge in [0.2, 0.25) is 5.91 Å². The molecule has 0 aromatic carbocycles. The van der Waals surface area contributed by atoms with Gasteiger partial charge >= 0.3 is 6.03 Å². The number of anilines is 1. The van der Waals surface area contributed by atoms with Crippen molar-refractivity contribution in [1.29, 1.82) is 0 Å². The van der Waals surface area contributed by atoms with Gasteiger partial charge in [-0.3, -0.25) is 9.48 Å². The van der Waals surface area contributed by atoms with Gasteiger partial charge in [-0.15, -0.1) is 0 Å². The van der Waals surface area contributed by atoms with E-state index in [-0.39, 0.29) is 17.9 Å². The van der Waals surface area contributed by atoms with Gasteiger partial charge in [0.05, 0.1) is 5.69 Å². The normalized spacial score (nSPS) is 14.9. The minimum Gasteiger partial charge on any atom is -0.360 e. The number of aryl methyl sites for hydroxylation is 4. The average Bonchev–Trinajstić information content (AvgIpc) is 3.22. The molecular weight excluding hydrogens is 360 g/mol. The van der Waals surface area contributed by atoms with Crippen LogP contribution in [-0.2, 0) is 11.3 Å². The summed E-state index contributed by atoms with van der Waals surface area (Å²) in [5, 5.41) is 13.9. The minimum absolute atomic E-state index is 0.0700. The van der Waals surface area contributed by atoms with Crippen LogP contribution in [0, 0.1) is 26.7 Å². The fourth-order valence-electron chi connectivity index (χ4n) is 3.44. The quantitative estimate of drug-likeness (QED) is 0.739. The van der Waals surface area contributed by atoms with Crippen molar-refractivity contribution in [3.63, 3.8) is 0 Å². The Kier molecular flexibility index (Phi) is 6.33. The highest BCUT2D eigenvalue weighted by Crippen LogP contribution is 2.19. The van der Waals surface area contributed by atoms with Crippen LogP contribution in [0.2, 0.25) is 0 Å². The van der Waals surface area contributed by atoms with Crippen molar-refractivity contribution in [2.75, 3.05) is 25.0 Å². The summed E-state index contributed by atoms with van der Waals surface area (Å²) in [5.74, 6) is 0.898. The van der Waals surface area contributed by atoms with Gasteiger partial charge in [0.15, 0.2) is 5.82 Å². The standard InChI is InChI=1S/C19H28N6O3/c1-13-11-14(2)25(22-13)8-4-7-20-19(27)24-9-5-16(6-10-24)18(26)21-17-12-15(3)28-23-17/h11-12,16H,4-10H2,1-3H3,(H,20,27)(H,21,23,26). The lowest BCUT2D eigenvalue weighted by Gasteiger charge is -2.31. The second-order valence-electron chi connectivity index (χ2n) is 7.31. The van der Waals surface area contributed by atoms with Crippen molar-refractivity contribution in [3.05, 3.63) is 29.3 Å². The number of hydrogen-bond donors (Lipinski definition) is 2. The highest BCUT2D eigenvalue weighted by Gasteiger charge is 2.27. The van der Waals surface area contributed by atoms with E-state index in [1.165, 1.54) is 0 Å². The Bertz CT molecular complexity index is 820. The SMILES string of the molecule is Cc1cc(C)n(CCCNC(=O)N2CCC(C(=O)Nc3cc(C)on3)CC2)n1. The summed E-state index contributed by atoms with van der Waals surface area (Å²) < 4.78 is 6.91. The predicted molar refractivity (Wildman–Crippen MR) is 104 cm³/mol. The van der Waals surface area contributed by atoms with Gasteiger partial charge in [0, 0.05) is 43.9 Å². The molecule has 9 nitrogen and oxygen atoms in total. The Morgan fingerprint density at radius 1 is 1.21 bits per heavy atom. The minimum atomic E-state index is -0.118. The summed E-state index contributed by atoms with van der Waals surface area (Å²) in [5.41, 5.74) is 2.14. The molecule has 2 N–H and O–H groups in total. The first-order valence-corrected chi connectivity index (χ1v) is 9.70. The number of carbonyl (C=O) groups excluding carboxylic acids is 2. The van der Waals surface area contributed by atoms with Crippen LogP contribution in [0.3, 0.4) is 0 Å². The van der Waals surface area contributed by atoms with Gasteiger partial charge in [0.25, 0.3) is 0 Å². The fraction of sp³-hybridized carbons (Fsp3) is 0.579. The Morgan fingerprint density at radius 3 is 2.57 bits per heavy atom. The fourth-order valence-corrected chi connectivity index (χ4v) is 3.44. The van der Waals surface area contributed by atoms with Crippen molar-refractivity contribution in [3.8, 4) is 0 Å². The summed E-state index contributed by atoms with van der Waals surface area (Å²) >= 11 is 0. The molecule has 2 aromatic rings. The number of likely N-dealkylation sites (tertiary alicyclic amines) is 1. The predicted octanol–water partition coefficient (Wildman–Crippen LogP) is 2.25. The highest BCUT2D eigenvalue weighted by molar-refractivity contribution is 5.91. The van der Waals surface area contributed by atoms with Crippen LogP contribution in [0.15, 0.2) is 16.7 Å². The first-order valence-electron chi connectivity index (χ1n) is 9.70. The lowest BCUT2D eigenvalue weighted by atomic mass is 9.96. The van der Waals surface area contributed by atoms with Crippen molar-refractivity contribution >= 4 is 17.8 Å². The van der Waals surface area contributed by atoms with E-state index in [0.29, 0.717) is 44.1 Å². The lowest BCUT2D eigenvalue weighted by Crippen LogP contribution is -2.46. The maximum absolute atomic E-state index is 12.3. The molecular formula is C19H28N6O3. The second-order valence-corrected chi connectivity index (χ2v) is 7.31. The van der Waals surface area contributed by atoms with E-state index < -0.39 is 0 Å². The topological polar surface area (TPSA) is 105 Å². The number of nitrogens with zero attached hydrogens (tertiary/aromatic N) is 4. The first kappa shape index (κ1) is 19.9. The smallest absolute Gasteiger partial charge is 0.317 e. The van der Waals surface area contributed by atoms with E-state index >= 15 is 0 Å². The van der Waals surface area contributed by atoms with Crippen LogP contribution < -0.4 is 10.6 Å². The van der Waals surface area contributed by atoms with Crippen LogP contribution in [0.5, 0.6) is 0 Å². The molecule has 0 radical (unpaired) electrons. The molecule has 3 rings (SSSR count). The van der Waals surface area contributed by atoms with Crippen molar-refractivity contribution in [2.24, 2.45) is 5.92 Å². The molecule has 152 valence electrons. The molecule has 1 fully saturated rings. The van der Waals surface area contributed by atoms with E-state index in [1.807, 2.05) is 24.6 Å². The number of carbonyl (C=O) groups is 2.